The number of carbonyl (C=O) groups excluding carboxylic acids is 1. The van der Waals surface area contributed by atoms with E-state index in [-0.39, 0.29) is 17.4 Å². The maximum atomic E-state index is 12.8. The Labute approximate surface area is 161 Å². The van der Waals surface area contributed by atoms with Crippen molar-refractivity contribution < 1.29 is 4.79 Å². The first-order valence-electron chi connectivity index (χ1n) is 9.81. The summed E-state index contributed by atoms with van der Waals surface area (Å²) in [6.45, 7) is 4.48. The van der Waals surface area contributed by atoms with Crippen LogP contribution in [-0.2, 0) is 7.05 Å². The third-order valence-corrected chi connectivity index (χ3v) is 5.47. The summed E-state index contributed by atoms with van der Waals surface area (Å²) in [7, 11) is 1.81. The molecule has 5 nitrogen and oxygen atoms in total. The van der Waals surface area contributed by atoms with Gasteiger partial charge < -0.3 is 9.88 Å². The lowest BCUT2D eigenvalue weighted by Crippen LogP contribution is -2.39. The monoisotopic (exact) mass is 367 g/mol. The quantitative estimate of drug-likeness (QED) is 0.884. The smallest absolute Gasteiger partial charge is 0.268 e. The summed E-state index contributed by atoms with van der Waals surface area (Å²) >= 11 is 0. The largest absolute Gasteiger partial charge is 0.349 e. The average Bonchev–Trinajstić information content (AvgIpc) is 2.95. The minimum Gasteiger partial charge on any atom is -0.349 e. The number of hydrogen-bond acceptors (Lipinski definition) is 3. The number of benzene rings is 1. The van der Waals surface area contributed by atoms with E-state index in [1.54, 1.807) is 10.6 Å². The SMILES string of the molecule is Cc1cc(=O)cc(C(=O)NC[C@@H](c2ccccc2)N2CCCCCC2)n1C. The van der Waals surface area contributed by atoms with Gasteiger partial charge >= 0.3 is 0 Å². The lowest BCUT2D eigenvalue weighted by molar-refractivity contribution is 0.0924. The van der Waals surface area contributed by atoms with E-state index in [0.717, 1.165) is 18.8 Å². The highest BCUT2D eigenvalue weighted by molar-refractivity contribution is 5.92. The second-order valence-corrected chi connectivity index (χ2v) is 7.36. The van der Waals surface area contributed by atoms with Gasteiger partial charge in [-0.25, -0.2) is 0 Å². The molecular weight excluding hydrogens is 338 g/mol. The number of aromatic nitrogens is 1. The van der Waals surface area contributed by atoms with Gasteiger partial charge in [-0.3, -0.25) is 14.5 Å². The van der Waals surface area contributed by atoms with E-state index in [9.17, 15) is 9.59 Å². The molecule has 1 saturated heterocycles. The van der Waals surface area contributed by atoms with E-state index in [1.165, 1.54) is 37.3 Å². The van der Waals surface area contributed by atoms with Gasteiger partial charge in [-0.15, -0.1) is 0 Å². The van der Waals surface area contributed by atoms with Crippen molar-refractivity contribution in [2.45, 2.75) is 38.6 Å². The number of amides is 1. The summed E-state index contributed by atoms with van der Waals surface area (Å²) in [5, 5.41) is 3.07. The number of likely N-dealkylation sites (tertiary alicyclic amines) is 1. The molecule has 0 unspecified atom stereocenters. The first-order valence-corrected chi connectivity index (χ1v) is 9.81. The van der Waals surface area contributed by atoms with Gasteiger partial charge in [0.15, 0.2) is 5.43 Å². The Morgan fingerprint density at radius 3 is 2.41 bits per heavy atom. The van der Waals surface area contributed by atoms with Crippen LogP contribution in [0.2, 0.25) is 0 Å². The Kier molecular flexibility index (Phi) is 6.45. The van der Waals surface area contributed by atoms with Gasteiger partial charge in [-0.1, -0.05) is 43.2 Å². The van der Waals surface area contributed by atoms with Crippen LogP contribution in [-0.4, -0.2) is 35.0 Å². The van der Waals surface area contributed by atoms with E-state index < -0.39 is 0 Å². The van der Waals surface area contributed by atoms with E-state index >= 15 is 0 Å². The lowest BCUT2D eigenvalue weighted by atomic mass is 10.0. The number of rotatable bonds is 5. The van der Waals surface area contributed by atoms with E-state index in [2.05, 4.69) is 22.3 Å². The van der Waals surface area contributed by atoms with Crippen LogP contribution in [0.1, 0.15) is 53.5 Å². The predicted octanol–water partition coefficient (Wildman–Crippen LogP) is 3.04. The van der Waals surface area contributed by atoms with Crippen molar-refractivity contribution in [2.24, 2.45) is 7.05 Å². The number of carbonyl (C=O) groups is 1. The molecule has 1 aromatic heterocycles. The van der Waals surface area contributed by atoms with Crippen molar-refractivity contribution in [2.75, 3.05) is 19.6 Å². The zero-order valence-corrected chi connectivity index (χ0v) is 16.3. The molecule has 1 aliphatic rings. The van der Waals surface area contributed by atoms with Crippen molar-refractivity contribution in [1.29, 1.82) is 0 Å². The van der Waals surface area contributed by atoms with Gasteiger partial charge in [0, 0.05) is 31.4 Å². The highest BCUT2D eigenvalue weighted by atomic mass is 16.2. The summed E-state index contributed by atoms with van der Waals surface area (Å²) in [6.07, 6.45) is 4.94. The number of pyridine rings is 1. The molecule has 144 valence electrons. The summed E-state index contributed by atoms with van der Waals surface area (Å²) in [4.78, 5) is 27.1. The number of nitrogens with one attached hydrogen (secondary N) is 1. The van der Waals surface area contributed by atoms with Crippen LogP contribution in [0.4, 0.5) is 0 Å². The third-order valence-electron chi connectivity index (χ3n) is 5.47. The molecule has 0 bridgehead atoms. The van der Waals surface area contributed by atoms with Crippen LogP contribution in [0.5, 0.6) is 0 Å². The number of hydrogen-bond donors (Lipinski definition) is 1. The molecule has 3 rings (SSSR count). The summed E-state index contributed by atoms with van der Waals surface area (Å²) in [5.41, 5.74) is 2.27. The van der Waals surface area contributed by atoms with Crippen molar-refractivity contribution in [3.63, 3.8) is 0 Å². The van der Waals surface area contributed by atoms with Crippen molar-refractivity contribution >= 4 is 5.91 Å². The van der Waals surface area contributed by atoms with Crippen LogP contribution in [0, 0.1) is 6.92 Å². The summed E-state index contributed by atoms with van der Waals surface area (Å²) in [5.74, 6) is -0.200. The van der Waals surface area contributed by atoms with Gasteiger partial charge in [0.25, 0.3) is 5.91 Å². The Morgan fingerprint density at radius 1 is 1.07 bits per heavy atom. The Morgan fingerprint density at radius 2 is 1.74 bits per heavy atom. The molecule has 0 spiro atoms. The first kappa shape index (κ1) is 19.4. The summed E-state index contributed by atoms with van der Waals surface area (Å²) in [6, 6.07) is 13.5. The van der Waals surface area contributed by atoms with E-state index in [0.29, 0.717) is 12.2 Å². The van der Waals surface area contributed by atoms with Crippen molar-refractivity contribution in [3.8, 4) is 0 Å². The third kappa shape index (κ3) is 4.86. The van der Waals surface area contributed by atoms with E-state index in [4.69, 9.17) is 0 Å². The Balaban J connectivity index is 1.78. The molecule has 1 aromatic carbocycles. The van der Waals surface area contributed by atoms with Crippen LogP contribution in [0.25, 0.3) is 0 Å². The molecule has 0 aliphatic carbocycles. The zero-order chi connectivity index (χ0) is 19.2. The van der Waals surface area contributed by atoms with Crippen LogP contribution in [0.15, 0.2) is 47.3 Å². The molecule has 2 aromatic rings. The molecular formula is C22H29N3O2. The van der Waals surface area contributed by atoms with Gasteiger partial charge in [0.2, 0.25) is 0 Å². The van der Waals surface area contributed by atoms with Crippen molar-refractivity contribution in [3.05, 3.63) is 69.6 Å². The van der Waals surface area contributed by atoms with Crippen LogP contribution < -0.4 is 10.7 Å². The first-order chi connectivity index (χ1) is 13.1. The van der Waals surface area contributed by atoms with Gasteiger partial charge in [-0.05, 0) is 38.4 Å². The maximum absolute atomic E-state index is 12.8. The maximum Gasteiger partial charge on any atom is 0.268 e. The predicted molar refractivity (Wildman–Crippen MR) is 108 cm³/mol. The highest BCUT2D eigenvalue weighted by Gasteiger charge is 2.22. The Hall–Kier alpha value is -2.40. The second-order valence-electron chi connectivity index (χ2n) is 7.36. The topological polar surface area (TPSA) is 54.3 Å². The molecule has 5 heteroatoms. The number of nitrogens with zero attached hydrogens (tertiary/aromatic N) is 2. The minimum absolute atomic E-state index is 0.136. The normalized spacial score (nSPS) is 16.5. The molecule has 2 heterocycles. The molecule has 27 heavy (non-hydrogen) atoms. The lowest BCUT2D eigenvalue weighted by Gasteiger charge is -2.31. The fourth-order valence-corrected chi connectivity index (χ4v) is 3.80. The Bertz CT molecular complexity index is 821. The molecule has 0 saturated carbocycles. The molecule has 1 fully saturated rings. The fourth-order valence-electron chi connectivity index (χ4n) is 3.80. The van der Waals surface area contributed by atoms with Crippen LogP contribution in [0.3, 0.4) is 0 Å². The van der Waals surface area contributed by atoms with Gasteiger partial charge in [0.1, 0.15) is 5.69 Å². The van der Waals surface area contributed by atoms with Gasteiger partial charge in [-0.2, -0.15) is 0 Å². The highest BCUT2D eigenvalue weighted by Crippen LogP contribution is 2.23. The van der Waals surface area contributed by atoms with Crippen LogP contribution >= 0.6 is 0 Å². The molecule has 1 N–H and O–H groups in total. The molecule has 1 atom stereocenters. The minimum atomic E-state index is -0.200. The average molecular weight is 367 g/mol. The zero-order valence-electron chi connectivity index (χ0n) is 16.3. The van der Waals surface area contributed by atoms with Crippen molar-refractivity contribution in [1.82, 2.24) is 14.8 Å². The summed E-state index contributed by atoms with van der Waals surface area (Å²) < 4.78 is 1.76. The van der Waals surface area contributed by atoms with Gasteiger partial charge in [0.05, 0.1) is 6.04 Å². The standard InChI is InChI=1S/C22H29N3O2/c1-17-14-19(26)15-20(24(17)2)22(27)23-16-21(18-10-6-5-7-11-18)25-12-8-3-4-9-13-25/h5-7,10-11,14-15,21H,3-4,8-9,12-13,16H2,1-2H3,(H,23,27)/t21-/m0/s1. The van der Waals surface area contributed by atoms with E-state index in [1.807, 2.05) is 32.2 Å². The fraction of sp³-hybridized carbons (Fsp3) is 0.455. The molecule has 1 aliphatic heterocycles. The number of aryl methyl sites for hydroxylation is 1. The molecule has 1 amide bonds. The second kappa shape index (κ2) is 9.00. The molecule has 0 radical (unpaired) electrons.